The van der Waals surface area contributed by atoms with Crippen molar-refractivity contribution >= 4 is 23.3 Å². The number of nitrogens with zero attached hydrogens (tertiary/aromatic N) is 7. The first-order chi connectivity index (χ1) is 19.2. The number of likely N-dealkylation sites (N-methyl/N-ethyl adjacent to an activating group) is 1. The average Bonchev–Trinajstić information content (AvgIpc) is 3.49. The number of hydrogen-bond donors (Lipinski definition) is 1. The van der Waals surface area contributed by atoms with Gasteiger partial charge in [-0.1, -0.05) is 30.3 Å². The molecule has 0 aliphatic carbocycles. The Morgan fingerprint density at radius 3 is 2.49 bits per heavy atom. The Hall–Kier alpha value is -3.47. The molecule has 3 aliphatic rings. The van der Waals surface area contributed by atoms with Gasteiger partial charge in [0.2, 0.25) is 5.95 Å². The summed E-state index contributed by atoms with van der Waals surface area (Å²) in [6.07, 6.45) is 4.78. The Morgan fingerprint density at radius 1 is 0.923 bits per heavy atom. The van der Waals surface area contributed by atoms with Crippen LogP contribution in [0.5, 0.6) is 5.75 Å². The fourth-order valence-corrected chi connectivity index (χ4v) is 5.87. The second-order valence-electron chi connectivity index (χ2n) is 10.6. The summed E-state index contributed by atoms with van der Waals surface area (Å²) in [4.78, 5) is 26.9. The van der Waals surface area contributed by atoms with Crippen molar-refractivity contribution in [2.24, 2.45) is 0 Å². The highest BCUT2D eigenvalue weighted by molar-refractivity contribution is 5.68. The third-order valence-electron chi connectivity index (χ3n) is 8.16. The topological polar surface area (TPSA) is 82.1 Å². The van der Waals surface area contributed by atoms with Crippen LogP contribution in [0.15, 0.2) is 54.9 Å². The molecule has 206 valence electrons. The molecule has 1 aromatic heterocycles. The van der Waals surface area contributed by atoms with Crippen LogP contribution in [0.1, 0.15) is 30.9 Å². The predicted molar refractivity (Wildman–Crippen MR) is 153 cm³/mol. The number of methoxy groups -OCH3 is 1. The van der Waals surface area contributed by atoms with Crippen LogP contribution in [-0.2, 0) is 4.84 Å². The molecule has 0 spiro atoms. The first-order valence-electron chi connectivity index (χ1n) is 14.0. The maximum Gasteiger partial charge on any atom is 0.255 e. The lowest BCUT2D eigenvalue weighted by Gasteiger charge is -2.42. The van der Waals surface area contributed by atoms with E-state index < -0.39 is 0 Å². The van der Waals surface area contributed by atoms with E-state index in [4.69, 9.17) is 9.57 Å². The van der Waals surface area contributed by atoms with E-state index in [1.807, 2.05) is 24.3 Å². The standard InChI is InChI=1S/C29H38N8O2/c1-34-15-17-36(18-16-34)23-10-13-35(14-11-23)24-8-9-25(27(20-24)38-2)32-28-30-21-31-29(33-28)37-26(12-19-39-37)22-6-4-3-5-7-22/h3-9,20-21,23,26H,10-19H2,1-2H3,(H,30,31,32,33). The largest absolute Gasteiger partial charge is 0.494 e. The van der Waals surface area contributed by atoms with Gasteiger partial charge in [-0.3, -0.25) is 9.74 Å². The number of rotatable bonds is 7. The Labute approximate surface area is 230 Å². The second-order valence-corrected chi connectivity index (χ2v) is 10.6. The highest BCUT2D eigenvalue weighted by atomic mass is 16.7. The number of aromatic nitrogens is 3. The summed E-state index contributed by atoms with van der Waals surface area (Å²) in [5, 5.41) is 5.11. The van der Waals surface area contributed by atoms with E-state index in [9.17, 15) is 0 Å². The fourth-order valence-electron chi connectivity index (χ4n) is 5.87. The van der Waals surface area contributed by atoms with E-state index in [0.29, 0.717) is 24.5 Å². The number of piperidine rings is 1. The molecule has 0 amide bonds. The molecule has 0 saturated carbocycles. The molecular formula is C29H38N8O2. The van der Waals surface area contributed by atoms with E-state index in [2.05, 4.69) is 66.3 Å². The summed E-state index contributed by atoms with van der Waals surface area (Å²) in [6, 6.07) is 17.4. The molecule has 3 fully saturated rings. The second kappa shape index (κ2) is 11.7. The summed E-state index contributed by atoms with van der Waals surface area (Å²) in [5.41, 5.74) is 3.17. The molecule has 0 radical (unpaired) electrons. The van der Waals surface area contributed by atoms with Gasteiger partial charge in [-0.15, -0.1) is 0 Å². The number of nitrogens with one attached hydrogen (secondary N) is 1. The van der Waals surface area contributed by atoms with E-state index >= 15 is 0 Å². The van der Waals surface area contributed by atoms with Crippen LogP contribution in [0.25, 0.3) is 0 Å². The summed E-state index contributed by atoms with van der Waals surface area (Å²) in [7, 11) is 3.92. The highest BCUT2D eigenvalue weighted by Crippen LogP contribution is 2.35. The zero-order valence-electron chi connectivity index (χ0n) is 22.9. The van der Waals surface area contributed by atoms with Gasteiger partial charge in [0.15, 0.2) is 0 Å². The molecule has 3 aliphatic heterocycles. The van der Waals surface area contributed by atoms with Crippen molar-refractivity contribution in [2.45, 2.75) is 31.3 Å². The molecule has 10 nitrogen and oxygen atoms in total. The Balaban J connectivity index is 1.12. The van der Waals surface area contributed by atoms with Gasteiger partial charge in [-0.2, -0.15) is 9.97 Å². The quantitative estimate of drug-likeness (QED) is 0.488. The van der Waals surface area contributed by atoms with Gasteiger partial charge >= 0.3 is 0 Å². The lowest BCUT2D eigenvalue weighted by atomic mass is 10.0. The predicted octanol–water partition coefficient (Wildman–Crippen LogP) is 3.72. The lowest BCUT2D eigenvalue weighted by Crippen LogP contribution is -2.52. The summed E-state index contributed by atoms with van der Waals surface area (Å²) in [6.45, 7) is 7.45. The molecule has 3 aromatic rings. The van der Waals surface area contributed by atoms with Crippen molar-refractivity contribution in [1.82, 2.24) is 24.8 Å². The molecule has 3 saturated heterocycles. The average molecular weight is 531 g/mol. The van der Waals surface area contributed by atoms with Gasteiger partial charge in [0.25, 0.3) is 5.95 Å². The van der Waals surface area contributed by atoms with Crippen molar-refractivity contribution in [3.8, 4) is 5.75 Å². The van der Waals surface area contributed by atoms with Crippen LogP contribution >= 0.6 is 0 Å². The molecular weight excluding hydrogens is 492 g/mol. The normalized spacial score (nSPS) is 21.3. The Kier molecular flexibility index (Phi) is 7.76. The van der Waals surface area contributed by atoms with Crippen LogP contribution in [-0.4, -0.2) is 90.8 Å². The minimum absolute atomic E-state index is 0.0654. The summed E-state index contributed by atoms with van der Waals surface area (Å²) < 4.78 is 5.77. The number of benzene rings is 2. The highest BCUT2D eigenvalue weighted by Gasteiger charge is 2.30. The maximum atomic E-state index is 5.91. The number of ether oxygens (including phenoxy) is 1. The number of hydrogen-bond acceptors (Lipinski definition) is 10. The Bertz CT molecular complexity index is 1230. The van der Waals surface area contributed by atoms with Crippen LogP contribution in [0.4, 0.5) is 23.3 Å². The molecule has 6 rings (SSSR count). The van der Waals surface area contributed by atoms with Gasteiger partial charge in [0, 0.05) is 63.5 Å². The van der Waals surface area contributed by atoms with Crippen LogP contribution in [0, 0.1) is 0 Å². The van der Waals surface area contributed by atoms with Crippen LogP contribution in [0.2, 0.25) is 0 Å². The van der Waals surface area contributed by atoms with Gasteiger partial charge in [-0.05, 0) is 37.6 Å². The van der Waals surface area contributed by atoms with Gasteiger partial charge < -0.3 is 19.9 Å². The fraction of sp³-hybridized carbons (Fsp3) is 0.483. The minimum atomic E-state index is 0.0654. The molecule has 1 N–H and O–H groups in total. The third-order valence-corrected chi connectivity index (χ3v) is 8.16. The SMILES string of the molecule is COc1cc(N2CCC(N3CCN(C)CC3)CC2)ccc1Nc1ncnc(N2OCCC2c2ccccc2)n1. The molecule has 4 heterocycles. The summed E-state index contributed by atoms with van der Waals surface area (Å²) >= 11 is 0. The molecule has 2 aromatic carbocycles. The van der Waals surface area contributed by atoms with Crippen molar-refractivity contribution in [2.75, 3.05) is 75.3 Å². The van der Waals surface area contributed by atoms with E-state index in [0.717, 1.165) is 30.9 Å². The summed E-state index contributed by atoms with van der Waals surface area (Å²) in [5.74, 6) is 1.69. The maximum absolute atomic E-state index is 5.91. The lowest BCUT2D eigenvalue weighted by molar-refractivity contribution is 0.0982. The van der Waals surface area contributed by atoms with Crippen LogP contribution < -0.4 is 20.0 Å². The number of anilines is 4. The van der Waals surface area contributed by atoms with Crippen molar-refractivity contribution in [3.63, 3.8) is 0 Å². The molecule has 0 bridgehead atoms. The molecule has 39 heavy (non-hydrogen) atoms. The third kappa shape index (κ3) is 5.78. The van der Waals surface area contributed by atoms with Crippen molar-refractivity contribution in [3.05, 3.63) is 60.4 Å². The first kappa shape index (κ1) is 25.8. The first-order valence-corrected chi connectivity index (χ1v) is 14.0. The van der Waals surface area contributed by atoms with E-state index in [1.54, 1.807) is 12.2 Å². The Morgan fingerprint density at radius 2 is 1.72 bits per heavy atom. The van der Waals surface area contributed by atoms with Crippen LogP contribution in [0.3, 0.4) is 0 Å². The molecule has 10 heteroatoms. The van der Waals surface area contributed by atoms with Gasteiger partial charge in [0.1, 0.15) is 12.1 Å². The zero-order valence-corrected chi connectivity index (χ0v) is 22.9. The molecule has 1 unspecified atom stereocenters. The number of hydroxylamine groups is 1. The monoisotopic (exact) mass is 530 g/mol. The van der Waals surface area contributed by atoms with Gasteiger partial charge in [0.05, 0.1) is 25.4 Å². The van der Waals surface area contributed by atoms with Crippen molar-refractivity contribution < 1.29 is 9.57 Å². The minimum Gasteiger partial charge on any atom is -0.494 e. The molecule has 1 atom stereocenters. The van der Waals surface area contributed by atoms with E-state index in [1.165, 1.54) is 56.6 Å². The van der Waals surface area contributed by atoms with Crippen molar-refractivity contribution in [1.29, 1.82) is 0 Å². The van der Waals surface area contributed by atoms with Gasteiger partial charge in [-0.25, -0.2) is 10.0 Å². The van der Waals surface area contributed by atoms with E-state index in [-0.39, 0.29) is 6.04 Å². The smallest absolute Gasteiger partial charge is 0.255 e. The zero-order chi connectivity index (χ0) is 26.6. The number of piperazine rings is 1.